The maximum atomic E-state index is 13.5. The Morgan fingerprint density at radius 1 is 0.667 bits per heavy atom. The predicted molar refractivity (Wildman–Crippen MR) is 190 cm³/mol. The third-order valence-electron chi connectivity index (χ3n) is 7.23. The summed E-state index contributed by atoms with van der Waals surface area (Å²) >= 11 is 1.36. The van der Waals surface area contributed by atoms with E-state index >= 15 is 0 Å². The second-order valence-electron chi connectivity index (χ2n) is 10.6. The molecule has 0 aromatic heterocycles. The van der Waals surface area contributed by atoms with Crippen LogP contribution in [0, 0.1) is 0 Å². The SMILES string of the molecule is COc1ccccc1/C=C(\NC(=O)c1ccccc1)C(=O)Nc1ccc(SC(C(=O)Nc2ccc(C(C)=O)cc2)c2ccccc2)cc1. The average Bonchev–Trinajstić information content (AvgIpc) is 3.12. The first-order chi connectivity index (χ1) is 23.3. The number of rotatable bonds is 12. The van der Waals surface area contributed by atoms with Crippen molar-refractivity contribution in [3.8, 4) is 5.75 Å². The van der Waals surface area contributed by atoms with Gasteiger partial charge in [0.2, 0.25) is 5.91 Å². The lowest BCUT2D eigenvalue weighted by molar-refractivity contribution is -0.116. The van der Waals surface area contributed by atoms with E-state index in [0.29, 0.717) is 33.8 Å². The number of hydrogen-bond donors (Lipinski definition) is 3. The number of anilines is 2. The number of ether oxygens (including phenoxy) is 1. The average molecular weight is 656 g/mol. The number of ketones is 1. The number of hydrogen-bond acceptors (Lipinski definition) is 6. The third kappa shape index (κ3) is 8.86. The van der Waals surface area contributed by atoms with Crippen molar-refractivity contribution in [1.82, 2.24) is 5.32 Å². The van der Waals surface area contributed by atoms with E-state index in [0.717, 1.165) is 10.5 Å². The molecule has 0 heterocycles. The molecular formula is C39H33N3O5S. The molecule has 0 aliphatic carbocycles. The van der Waals surface area contributed by atoms with Crippen LogP contribution in [0.15, 0.2) is 144 Å². The minimum absolute atomic E-state index is 0.0314. The second kappa shape index (κ2) is 16.1. The summed E-state index contributed by atoms with van der Waals surface area (Å²) in [6, 6.07) is 39.1. The minimum atomic E-state index is -0.581. The van der Waals surface area contributed by atoms with Gasteiger partial charge in [0.25, 0.3) is 11.8 Å². The van der Waals surface area contributed by atoms with Crippen molar-refractivity contribution < 1.29 is 23.9 Å². The molecule has 8 nitrogen and oxygen atoms in total. The normalized spacial score (nSPS) is 11.6. The van der Waals surface area contributed by atoms with Crippen LogP contribution in [0.1, 0.15) is 44.0 Å². The summed E-state index contributed by atoms with van der Waals surface area (Å²) in [7, 11) is 1.54. The summed E-state index contributed by atoms with van der Waals surface area (Å²) in [5.74, 6) is -0.685. The Balaban J connectivity index is 1.33. The fourth-order valence-corrected chi connectivity index (χ4v) is 5.76. The number of carbonyl (C=O) groups is 4. The standard InChI is InChI=1S/C39H33N3O5S/c1-26(43)27-17-19-31(20-18-27)41-39(46)36(28-11-5-3-6-12-28)48-33-23-21-32(22-24-33)40-38(45)34(25-30-15-9-10-16-35(30)47-2)42-37(44)29-13-7-4-8-14-29/h3-25,36H,1-2H3,(H,40,45)(H,41,46)(H,42,44)/b34-25-. The summed E-state index contributed by atoms with van der Waals surface area (Å²) in [5, 5.41) is 7.97. The molecule has 0 radical (unpaired) electrons. The fraction of sp³-hybridized carbons (Fsp3) is 0.0769. The molecule has 1 unspecified atom stereocenters. The zero-order valence-corrected chi connectivity index (χ0v) is 27.1. The highest BCUT2D eigenvalue weighted by molar-refractivity contribution is 8.00. The quantitative estimate of drug-likeness (QED) is 0.0719. The molecule has 48 heavy (non-hydrogen) atoms. The highest BCUT2D eigenvalue weighted by Gasteiger charge is 2.23. The number of nitrogens with one attached hydrogen (secondary N) is 3. The van der Waals surface area contributed by atoms with Crippen LogP contribution in [0.2, 0.25) is 0 Å². The summed E-state index contributed by atoms with van der Waals surface area (Å²) in [6.07, 6.45) is 1.57. The van der Waals surface area contributed by atoms with Gasteiger partial charge in [0.05, 0.1) is 7.11 Å². The van der Waals surface area contributed by atoms with Gasteiger partial charge in [-0.3, -0.25) is 19.2 Å². The van der Waals surface area contributed by atoms with Crippen LogP contribution in [0.5, 0.6) is 5.75 Å². The molecule has 0 aliphatic heterocycles. The number of para-hydroxylation sites is 1. The monoisotopic (exact) mass is 655 g/mol. The molecule has 3 amide bonds. The van der Waals surface area contributed by atoms with E-state index in [-0.39, 0.29) is 17.4 Å². The molecule has 0 saturated carbocycles. The Labute approximate surface area is 283 Å². The van der Waals surface area contributed by atoms with E-state index in [4.69, 9.17) is 4.74 Å². The lowest BCUT2D eigenvalue weighted by atomic mass is 10.1. The highest BCUT2D eigenvalue weighted by atomic mass is 32.2. The van der Waals surface area contributed by atoms with Gasteiger partial charge in [-0.05, 0) is 85.3 Å². The molecular weight excluding hydrogens is 623 g/mol. The van der Waals surface area contributed by atoms with Crippen LogP contribution in [0.3, 0.4) is 0 Å². The molecule has 3 N–H and O–H groups in total. The maximum absolute atomic E-state index is 13.5. The number of carbonyl (C=O) groups excluding carboxylic acids is 4. The van der Waals surface area contributed by atoms with Gasteiger partial charge in [-0.1, -0.05) is 66.7 Å². The largest absolute Gasteiger partial charge is 0.496 e. The molecule has 5 aromatic carbocycles. The molecule has 1 atom stereocenters. The Kier molecular flexibility index (Phi) is 11.2. The van der Waals surface area contributed by atoms with Gasteiger partial charge in [0.15, 0.2) is 5.78 Å². The minimum Gasteiger partial charge on any atom is -0.496 e. The van der Waals surface area contributed by atoms with E-state index in [9.17, 15) is 19.2 Å². The van der Waals surface area contributed by atoms with Crippen LogP contribution in [-0.2, 0) is 9.59 Å². The molecule has 0 bridgehead atoms. The van der Waals surface area contributed by atoms with Crippen molar-refractivity contribution in [3.63, 3.8) is 0 Å². The van der Waals surface area contributed by atoms with E-state index in [2.05, 4.69) is 16.0 Å². The summed E-state index contributed by atoms with van der Waals surface area (Å²) < 4.78 is 5.44. The van der Waals surface area contributed by atoms with Gasteiger partial charge >= 0.3 is 0 Å². The van der Waals surface area contributed by atoms with Gasteiger partial charge in [-0.15, -0.1) is 11.8 Å². The molecule has 0 saturated heterocycles. The summed E-state index contributed by atoms with van der Waals surface area (Å²) in [5.41, 5.74) is 3.52. The van der Waals surface area contributed by atoms with E-state index in [1.165, 1.54) is 25.8 Å². The molecule has 240 valence electrons. The zero-order valence-electron chi connectivity index (χ0n) is 26.3. The fourth-order valence-electron chi connectivity index (χ4n) is 4.73. The molecule has 0 aliphatic rings. The van der Waals surface area contributed by atoms with Gasteiger partial charge in [-0.2, -0.15) is 0 Å². The van der Waals surface area contributed by atoms with Crippen LogP contribution < -0.4 is 20.7 Å². The molecule has 9 heteroatoms. The van der Waals surface area contributed by atoms with Gasteiger partial charge in [0.1, 0.15) is 16.7 Å². The molecule has 0 fully saturated rings. The number of benzene rings is 5. The van der Waals surface area contributed by atoms with Crippen molar-refractivity contribution in [1.29, 1.82) is 0 Å². The Morgan fingerprint density at radius 3 is 1.90 bits per heavy atom. The van der Waals surface area contributed by atoms with Crippen molar-refractivity contribution in [3.05, 3.63) is 161 Å². The Morgan fingerprint density at radius 2 is 1.25 bits per heavy atom. The van der Waals surface area contributed by atoms with Gasteiger partial charge in [-0.25, -0.2) is 0 Å². The molecule has 5 rings (SSSR count). The van der Waals surface area contributed by atoms with E-state index in [1.54, 1.807) is 84.9 Å². The van der Waals surface area contributed by atoms with Crippen molar-refractivity contribution >= 4 is 52.7 Å². The maximum Gasteiger partial charge on any atom is 0.272 e. The smallest absolute Gasteiger partial charge is 0.272 e. The zero-order chi connectivity index (χ0) is 33.9. The first kappa shape index (κ1) is 33.4. The van der Waals surface area contributed by atoms with Crippen molar-refractivity contribution in [2.24, 2.45) is 0 Å². The predicted octanol–water partition coefficient (Wildman–Crippen LogP) is 7.78. The lowest BCUT2D eigenvalue weighted by Crippen LogP contribution is -2.30. The first-order valence-electron chi connectivity index (χ1n) is 15.1. The van der Waals surface area contributed by atoms with Crippen molar-refractivity contribution in [2.75, 3.05) is 17.7 Å². The molecule has 0 spiro atoms. The number of amides is 3. The van der Waals surface area contributed by atoms with Gasteiger partial charge < -0.3 is 20.7 Å². The summed E-state index contributed by atoms with van der Waals surface area (Å²) in [4.78, 5) is 52.5. The second-order valence-corrected chi connectivity index (χ2v) is 11.8. The van der Waals surface area contributed by atoms with Crippen LogP contribution in [-0.4, -0.2) is 30.6 Å². The molecule has 5 aromatic rings. The van der Waals surface area contributed by atoms with Crippen LogP contribution in [0.4, 0.5) is 11.4 Å². The number of thioether (sulfide) groups is 1. The Hall–Kier alpha value is -5.93. The van der Waals surface area contributed by atoms with E-state index in [1.807, 2.05) is 54.6 Å². The topological polar surface area (TPSA) is 114 Å². The highest BCUT2D eigenvalue weighted by Crippen LogP contribution is 2.37. The van der Waals surface area contributed by atoms with Crippen LogP contribution >= 0.6 is 11.8 Å². The van der Waals surface area contributed by atoms with Crippen LogP contribution in [0.25, 0.3) is 6.08 Å². The van der Waals surface area contributed by atoms with Gasteiger partial charge in [0, 0.05) is 33.0 Å². The van der Waals surface area contributed by atoms with E-state index < -0.39 is 17.1 Å². The third-order valence-corrected chi connectivity index (χ3v) is 8.50. The van der Waals surface area contributed by atoms with Crippen molar-refractivity contribution in [2.45, 2.75) is 17.1 Å². The first-order valence-corrected chi connectivity index (χ1v) is 15.9. The number of Topliss-reactive ketones (excluding diaryl/α,β-unsaturated/α-hetero) is 1. The Bertz CT molecular complexity index is 1930. The number of methoxy groups -OCH3 is 1. The summed E-state index contributed by atoms with van der Waals surface area (Å²) in [6.45, 7) is 1.49. The lowest BCUT2D eigenvalue weighted by Gasteiger charge is -2.18.